The third-order valence-electron chi connectivity index (χ3n) is 3.29. The fourth-order valence-electron chi connectivity index (χ4n) is 2.33. The molecule has 0 saturated heterocycles. The highest BCUT2D eigenvalue weighted by Crippen LogP contribution is 2.37. The lowest BCUT2D eigenvalue weighted by Gasteiger charge is -2.07. The molecule has 0 fully saturated rings. The van der Waals surface area contributed by atoms with Gasteiger partial charge in [-0.15, -0.1) is 0 Å². The molecule has 0 aliphatic rings. The first-order valence-corrected chi connectivity index (χ1v) is 6.36. The quantitative estimate of drug-likeness (QED) is 0.569. The minimum Gasteiger partial charge on any atom is -0.502 e. The van der Waals surface area contributed by atoms with Crippen LogP contribution >= 0.6 is 0 Å². The fourth-order valence-corrected chi connectivity index (χ4v) is 2.33. The first-order valence-electron chi connectivity index (χ1n) is 6.36. The zero-order chi connectivity index (χ0) is 14.3. The van der Waals surface area contributed by atoms with E-state index in [4.69, 9.17) is 8.83 Å². The lowest BCUT2D eigenvalue weighted by Crippen LogP contribution is -1.97. The molecule has 0 atom stereocenters. The van der Waals surface area contributed by atoms with Gasteiger partial charge in [0.25, 0.3) is 0 Å². The minimum atomic E-state index is -0.494. The second kappa shape index (κ2) is 4.56. The Morgan fingerprint density at radius 2 is 1.95 bits per heavy atom. The van der Waals surface area contributed by atoms with Crippen LogP contribution in [0.25, 0.3) is 21.9 Å². The molecule has 2 heterocycles. The van der Waals surface area contributed by atoms with Gasteiger partial charge in [-0.05, 0) is 38.0 Å². The molecule has 4 nitrogen and oxygen atoms in total. The van der Waals surface area contributed by atoms with Crippen LogP contribution in [0.3, 0.4) is 0 Å². The number of fused-ring (bicyclic) bond motifs is 2. The zero-order valence-corrected chi connectivity index (χ0v) is 11.3. The number of hydrogen-bond acceptors (Lipinski definition) is 4. The second-order valence-corrected chi connectivity index (χ2v) is 4.97. The van der Waals surface area contributed by atoms with Crippen LogP contribution in [0.1, 0.15) is 19.4 Å². The summed E-state index contributed by atoms with van der Waals surface area (Å²) < 4.78 is 10.4. The molecule has 0 saturated carbocycles. The average Bonchev–Trinajstić information content (AvgIpc) is 2.88. The molecule has 3 rings (SSSR count). The van der Waals surface area contributed by atoms with Crippen molar-refractivity contribution in [3.05, 3.63) is 52.1 Å². The maximum absolute atomic E-state index is 11.4. The van der Waals surface area contributed by atoms with Crippen LogP contribution < -0.4 is 5.63 Å². The Labute approximate surface area is 114 Å². The van der Waals surface area contributed by atoms with Crippen LogP contribution in [0, 0.1) is 0 Å². The second-order valence-electron chi connectivity index (χ2n) is 4.97. The molecule has 0 radical (unpaired) electrons. The van der Waals surface area contributed by atoms with Crippen LogP contribution in [0.4, 0.5) is 0 Å². The molecule has 0 spiro atoms. The number of benzene rings is 1. The third-order valence-corrected chi connectivity index (χ3v) is 3.29. The van der Waals surface area contributed by atoms with E-state index in [1.807, 2.05) is 19.9 Å². The van der Waals surface area contributed by atoms with Crippen LogP contribution in [-0.4, -0.2) is 5.11 Å². The van der Waals surface area contributed by atoms with Crippen LogP contribution in [0.5, 0.6) is 5.75 Å². The average molecular weight is 270 g/mol. The molecule has 0 bridgehead atoms. The Balaban J connectivity index is 2.44. The molecule has 3 aromatic rings. The zero-order valence-electron chi connectivity index (χ0n) is 11.3. The van der Waals surface area contributed by atoms with Crippen molar-refractivity contribution in [3.8, 4) is 5.75 Å². The van der Waals surface area contributed by atoms with E-state index in [1.165, 1.54) is 17.9 Å². The largest absolute Gasteiger partial charge is 0.502 e. The van der Waals surface area contributed by atoms with Crippen LogP contribution in [0.2, 0.25) is 0 Å². The van der Waals surface area contributed by atoms with E-state index in [-0.39, 0.29) is 11.3 Å². The van der Waals surface area contributed by atoms with Gasteiger partial charge in [-0.3, -0.25) is 0 Å². The van der Waals surface area contributed by atoms with Gasteiger partial charge in [0.05, 0.1) is 6.26 Å². The van der Waals surface area contributed by atoms with Crippen molar-refractivity contribution in [2.24, 2.45) is 0 Å². The molecule has 102 valence electrons. The maximum Gasteiger partial charge on any atom is 0.336 e. The number of phenolic OH excluding ortho intramolecular Hbond substituents is 1. The molecular weight excluding hydrogens is 256 g/mol. The van der Waals surface area contributed by atoms with Gasteiger partial charge in [-0.1, -0.05) is 11.6 Å². The summed E-state index contributed by atoms with van der Waals surface area (Å²) in [4.78, 5) is 11.4. The summed E-state index contributed by atoms with van der Waals surface area (Å²) in [5.74, 6) is -0.126. The number of phenols is 1. The molecular formula is C16H14O4. The normalized spacial score (nSPS) is 11.1. The van der Waals surface area contributed by atoms with Gasteiger partial charge in [-0.2, -0.15) is 0 Å². The first kappa shape index (κ1) is 12.5. The van der Waals surface area contributed by atoms with Gasteiger partial charge in [0.2, 0.25) is 5.75 Å². The predicted octanol–water partition coefficient (Wildman–Crippen LogP) is 3.75. The fraction of sp³-hybridized carbons (Fsp3) is 0.188. The standard InChI is InChI=1S/C16H14O4/c1-9(2)3-4-10-11-5-6-13(17)20-16(11)14(18)15-12(10)7-8-19-15/h3,5-8,18H,4H2,1-2H3. The molecule has 2 aromatic heterocycles. The lowest BCUT2D eigenvalue weighted by atomic mass is 10.00. The van der Waals surface area contributed by atoms with E-state index in [2.05, 4.69) is 6.08 Å². The summed E-state index contributed by atoms with van der Waals surface area (Å²) >= 11 is 0. The number of aromatic hydroxyl groups is 1. The molecule has 0 aliphatic carbocycles. The summed E-state index contributed by atoms with van der Waals surface area (Å²) in [5, 5.41) is 11.7. The van der Waals surface area contributed by atoms with Gasteiger partial charge in [0.1, 0.15) is 0 Å². The van der Waals surface area contributed by atoms with Crippen molar-refractivity contribution in [2.75, 3.05) is 0 Å². The lowest BCUT2D eigenvalue weighted by molar-refractivity contribution is 0.449. The summed E-state index contributed by atoms with van der Waals surface area (Å²) in [6.07, 6.45) is 4.29. The van der Waals surface area contributed by atoms with E-state index in [1.54, 1.807) is 6.07 Å². The van der Waals surface area contributed by atoms with Crippen LogP contribution in [0.15, 0.2) is 49.7 Å². The summed E-state index contributed by atoms with van der Waals surface area (Å²) in [5.41, 5.74) is 2.21. The van der Waals surface area contributed by atoms with Crippen molar-refractivity contribution >= 4 is 21.9 Å². The van der Waals surface area contributed by atoms with Gasteiger partial charge < -0.3 is 13.9 Å². The van der Waals surface area contributed by atoms with Crippen molar-refractivity contribution in [1.82, 2.24) is 0 Å². The smallest absolute Gasteiger partial charge is 0.336 e. The third kappa shape index (κ3) is 1.90. The number of rotatable bonds is 2. The Morgan fingerprint density at radius 3 is 2.70 bits per heavy atom. The Kier molecular flexibility index (Phi) is 2.86. The van der Waals surface area contributed by atoms with E-state index in [0.717, 1.165) is 16.3 Å². The predicted molar refractivity (Wildman–Crippen MR) is 77.1 cm³/mol. The highest BCUT2D eigenvalue weighted by atomic mass is 16.4. The molecule has 0 aliphatic heterocycles. The Bertz CT molecular complexity index is 877. The van der Waals surface area contributed by atoms with Gasteiger partial charge in [-0.25, -0.2) is 4.79 Å². The molecule has 4 heteroatoms. The topological polar surface area (TPSA) is 63.6 Å². The van der Waals surface area contributed by atoms with Crippen molar-refractivity contribution in [2.45, 2.75) is 20.3 Å². The minimum absolute atomic E-state index is 0.126. The highest BCUT2D eigenvalue weighted by molar-refractivity contribution is 6.03. The molecule has 0 unspecified atom stereocenters. The van der Waals surface area contributed by atoms with Crippen molar-refractivity contribution in [3.63, 3.8) is 0 Å². The maximum atomic E-state index is 11.4. The molecule has 1 N–H and O–H groups in total. The number of allylic oxidation sites excluding steroid dienone is 2. The van der Waals surface area contributed by atoms with Crippen molar-refractivity contribution in [1.29, 1.82) is 0 Å². The van der Waals surface area contributed by atoms with E-state index >= 15 is 0 Å². The van der Waals surface area contributed by atoms with Gasteiger partial charge >= 0.3 is 5.63 Å². The summed E-state index contributed by atoms with van der Waals surface area (Å²) in [6, 6.07) is 4.86. The van der Waals surface area contributed by atoms with Crippen LogP contribution in [-0.2, 0) is 6.42 Å². The monoisotopic (exact) mass is 270 g/mol. The van der Waals surface area contributed by atoms with E-state index < -0.39 is 5.63 Å². The number of hydrogen-bond donors (Lipinski definition) is 1. The molecule has 0 amide bonds. The first-order chi connectivity index (χ1) is 9.58. The highest BCUT2D eigenvalue weighted by Gasteiger charge is 2.17. The van der Waals surface area contributed by atoms with Gasteiger partial charge in [0, 0.05) is 16.8 Å². The molecule has 1 aromatic carbocycles. The Hall–Kier alpha value is -2.49. The SMILES string of the molecule is CC(C)=CCc1c2ccoc2c(O)c2oc(=O)ccc12. The Morgan fingerprint density at radius 1 is 1.20 bits per heavy atom. The van der Waals surface area contributed by atoms with Crippen molar-refractivity contribution < 1.29 is 13.9 Å². The van der Waals surface area contributed by atoms with Gasteiger partial charge in [0.15, 0.2) is 11.2 Å². The molecule has 20 heavy (non-hydrogen) atoms. The summed E-state index contributed by atoms with van der Waals surface area (Å²) in [6.45, 7) is 4.05. The van der Waals surface area contributed by atoms with E-state index in [0.29, 0.717) is 12.0 Å². The van der Waals surface area contributed by atoms with E-state index in [9.17, 15) is 9.90 Å². The number of furan rings is 1. The summed E-state index contributed by atoms with van der Waals surface area (Å²) in [7, 11) is 0.